The van der Waals surface area contributed by atoms with E-state index in [1.165, 1.54) is 0 Å². The fraction of sp³-hybridized carbons (Fsp3) is 0.200. The summed E-state index contributed by atoms with van der Waals surface area (Å²) in [7, 11) is 4.03. The summed E-state index contributed by atoms with van der Waals surface area (Å²) in [6.45, 7) is 0. The third-order valence-electron chi connectivity index (χ3n) is 1.89. The number of fused-ring (bicyclic) bond motifs is 1. The molecule has 2 heteroatoms. The summed E-state index contributed by atoms with van der Waals surface area (Å²) in [4.78, 5) is 2.06. The highest BCUT2D eigenvalue weighted by molar-refractivity contribution is 5.76. The second-order valence-corrected chi connectivity index (χ2v) is 2.93. The summed E-state index contributed by atoms with van der Waals surface area (Å²) in [5.74, 6) is 0.890. The van der Waals surface area contributed by atoms with E-state index in [9.17, 15) is 0 Å². The maximum atomic E-state index is 5.28. The van der Waals surface area contributed by atoms with Gasteiger partial charge in [-0.05, 0) is 24.3 Å². The van der Waals surface area contributed by atoms with Gasteiger partial charge in [0.05, 0.1) is 12.0 Å². The number of nitrogens with zero attached hydrogens (tertiary/aromatic N) is 1. The molecule has 0 spiro atoms. The van der Waals surface area contributed by atoms with Crippen molar-refractivity contribution in [1.82, 2.24) is 0 Å². The topological polar surface area (TPSA) is 16.4 Å². The molecule has 0 fully saturated rings. The molecule has 2 rings (SSSR count). The molecule has 0 N–H and O–H groups in total. The zero-order valence-corrected chi connectivity index (χ0v) is 7.16. The van der Waals surface area contributed by atoms with Gasteiger partial charge in [0.25, 0.3) is 0 Å². The van der Waals surface area contributed by atoms with Crippen LogP contribution in [0.2, 0.25) is 0 Å². The second kappa shape index (κ2) is 2.55. The number of hydrogen-bond donors (Lipinski definition) is 0. The summed E-state index contributed by atoms with van der Waals surface area (Å²) >= 11 is 0. The lowest BCUT2D eigenvalue weighted by molar-refractivity contribution is 0.567. The number of rotatable bonds is 1. The van der Waals surface area contributed by atoms with Crippen molar-refractivity contribution in [2.75, 3.05) is 19.0 Å². The maximum Gasteiger partial charge on any atom is 0.136 e. The Hall–Kier alpha value is -1.44. The highest BCUT2D eigenvalue weighted by atomic mass is 16.3. The van der Waals surface area contributed by atoms with Gasteiger partial charge < -0.3 is 9.32 Å². The predicted molar refractivity (Wildman–Crippen MR) is 48.5 cm³/mol. The monoisotopic (exact) mass is 160 g/mol. The molecule has 0 aromatic rings. The van der Waals surface area contributed by atoms with Crippen molar-refractivity contribution in [2.45, 2.75) is 0 Å². The lowest BCUT2D eigenvalue weighted by atomic mass is 10.2. The molecule has 0 atom stereocenters. The molecular formula is C10H10NO. The van der Waals surface area contributed by atoms with Crippen LogP contribution in [0, 0.1) is 6.07 Å². The molecule has 1 aliphatic heterocycles. The van der Waals surface area contributed by atoms with Gasteiger partial charge in [0, 0.05) is 19.7 Å². The van der Waals surface area contributed by atoms with Gasteiger partial charge in [0.1, 0.15) is 5.76 Å². The van der Waals surface area contributed by atoms with Gasteiger partial charge in [-0.15, -0.1) is 0 Å². The van der Waals surface area contributed by atoms with Gasteiger partial charge in [-0.1, -0.05) is 0 Å². The SMILES string of the molecule is CN(C)c1ccoc2c[c]cc1-2. The molecule has 61 valence electrons. The van der Waals surface area contributed by atoms with E-state index >= 15 is 0 Å². The molecule has 1 heterocycles. The van der Waals surface area contributed by atoms with Gasteiger partial charge in [-0.3, -0.25) is 0 Å². The smallest absolute Gasteiger partial charge is 0.136 e. The molecule has 1 radical (unpaired) electrons. The summed E-state index contributed by atoms with van der Waals surface area (Å²) < 4.78 is 5.28. The third-order valence-corrected chi connectivity index (χ3v) is 1.89. The Labute approximate surface area is 71.8 Å². The van der Waals surface area contributed by atoms with E-state index in [0.29, 0.717) is 0 Å². The third kappa shape index (κ3) is 0.961. The maximum absolute atomic E-state index is 5.28. The highest BCUT2D eigenvalue weighted by Gasteiger charge is 2.10. The fourth-order valence-electron chi connectivity index (χ4n) is 1.30. The van der Waals surface area contributed by atoms with E-state index in [1.54, 1.807) is 6.26 Å². The zero-order chi connectivity index (χ0) is 8.55. The van der Waals surface area contributed by atoms with Crippen LogP contribution in [0.1, 0.15) is 0 Å². The first-order chi connectivity index (χ1) is 5.79. The minimum absolute atomic E-state index is 0.890. The Morgan fingerprint density at radius 3 is 2.92 bits per heavy atom. The molecule has 0 bridgehead atoms. The minimum Gasteiger partial charge on any atom is -0.464 e. The molecule has 0 aromatic heterocycles. The van der Waals surface area contributed by atoms with Gasteiger partial charge in [-0.2, -0.15) is 0 Å². The van der Waals surface area contributed by atoms with Crippen molar-refractivity contribution in [3.63, 3.8) is 0 Å². The van der Waals surface area contributed by atoms with Gasteiger partial charge >= 0.3 is 0 Å². The van der Waals surface area contributed by atoms with Gasteiger partial charge in [-0.25, -0.2) is 0 Å². The van der Waals surface area contributed by atoms with E-state index < -0.39 is 0 Å². The van der Waals surface area contributed by atoms with Crippen molar-refractivity contribution >= 4 is 5.69 Å². The van der Waals surface area contributed by atoms with Gasteiger partial charge in [0.15, 0.2) is 0 Å². The Balaban J connectivity index is 2.63. The van der Waals surface area contributed by atoms with E-state index in [1.807, 2.05) is 32.3 Å². The van der Waals surface area contributed by atoms with Crippen molar-refractivity contribution in [2.24, 2.45) is 0 Å². The van der Waals surface area contributed by atoms with Crippen LogP contribution in [0.4, 0.5) is 5.69 Å². The van der Waals surface area contributed by atoms with Gasteiger partial charge in [0.2, 0.25) is 0 Å². The first-order valence-corrected chi connectivity index (χ1v) is 3.83. The van der Waals surface area contributed by atoms with Crippen LogP contribution < -0.4 is 4.90 Å². The standard InChI is InChI=1S/C10H10NO/c1-11(2)9-6-7-12-10-5-3-4-8(9)10/h4-7H,1-2H3. The Morgan fingerprint density at radius 2 is 2.17 bits per heavy atom. The van der Waals surface area contributed by atoms with E-state index in [0.717, 1.165) is 17.0 Å². The molecule has 0 amide bonds. The van der Waals surface area contributed by atoms with E-state index in [4.69, 9.17) is 4.42 Å². The molecule has 0 saturated carbocycles. The van der Waals surface area contributed by atoms with E-state index in [-0.39, 0.29) is 0 Å². The second-order valence-electron chi connectivity index (χ2n) is 2.93. The molecule has 0 saturated heterocycles. The molecule has 2 aliphatic rings. The molecule has 12 heavy (non-hydrogen) atoms. The van der Waals surface area contributed by atoms with Crippen molar-refractivity contribution in [1.29, 1.82) is 0 Å². The van der Waals surface area contributed by atoms with Crippen molar-refractivity contribution in [3.8, 4) is 11.3 Å². The van der Waals surface area contributed by atoms with E-state index in [2.05, 4.69) is 11.0 Å². The molecule has 0 aromatic carbocycles. The lowest BCUT2D eigenvalue weighted by Crippen LogP contribution is -2.09. The van der Waals surface area contributed by atoms with Crippen LogP contribution in [0.5, 0.6) is 0 Å². The zero-order valence-electron chi connectivity index (χ0n) is 7.16. The molecule has 1 aliphatic carbocycles. The summed E-state index contributed by atoms with van der Waals surface area (Å²) in [6, 6.07) is 8.76. The minimum atomic E-state index is 0.890. The number of anilines is 1. The first-order valence-electron chi connectivity index (χ1n) is 3.83. The molecule has 2 nitrogen and oxygen atoms in total. The number of hydrogen-bond acceptors (Lipinski definition) is 2. The normalized spacial score (nSPS) is 10.5. The van der Waals surface area contributed by atoms with Crippen molar-refractivity contribution < 1.29 is 4.42 Å². The highest BCUT2D eigenvalue weighted by Crippen LogP contribution is 2.31. The molecular weight excluding hydrogens is 150 g/mol. The fourth-order valence-corrected chi connectivity index (χ4v) is 1.30. The Kier molecular flexibility index (Phi) is 1.54. The first kappa shape index (κ1) is 7.22. The van der Waals surface area contributed by atoms with Crippen LogP contribution in [0.15, 0.2) is 28.9 Å². The Bertz CT molecular complexity index is 351. The summed E-state index contributed by atoms with van der Waals surface area (Å²) in [5, 5.41) is 0. The molecule has 0 unspecified atom stereocenters. The quantitative estimate of drug-likeness (QED) is 0.636. The van der Waals surface area contributed by atoms with Crippen LogP contribution in [-0.2, 0) is 0 Å². The largest absolute Gasteiger partial charge is 0.464 e. The summed E-state index contributed by atoms with van der Waals surface area (Å²) in [6.07, 6.45) is 1.70. The predicted octanol–water partition coefficient (Wildman–Crippen LogP) is 2.25. The lowest BCUT2D eigenvalue weighted by Gasteiger charge is -2.15. The Morgan fingerprint density at radius 1 is 1.33 bits per heavy atom. The van der Waals surface area contributed by atoms with Crippen molar-refractivity contribution in [3.05, 3.63) is 30.5 Å². The van der Waals surface area contributed by atoms with Crippen LogP contribution >= 0.6 is 0 Å². The average Bonchev–Trinajstić information content (AvgIpc) is 2.49. The average molecular weight is 160 g/mol. The van der Waals surface area contributed by atoms with Crippen LogP contribution in [0.3, 0.4) is 0 Å². The summed E-state index contributed by atoms with van der Waals surface area (Å²) in [5.41, 5.74) is 2.28. The van der Waals surface area contributed by atoms with Crippen LogP contribution in [-0.4, -0.2) is 14.1 Å². The van der Waals surface area contributed by atoms with Crippen LogP contribution in [0.25, 0.3) is 11.3 Å².